The highest BCUT2D eigenvalue weighted by atomic mass is 15.1. The molecule has 1 N–H and O–H groups in total. The lowest BCUT2D eigenvalue weighted by Gasteiger charge is -2.34. The third-order valence-corrected chi connectivity index (χ3v) is 4.87. The van der Waals surface area contributed by atoms with Crippen molar-refractivity contribution in [3.8, 4) is 0 Å². The van der Waals surface area contributed by atoms with Crippen molar-refractivity contribution in [2.45, 2.75) is 65.0 Å². The monoisotopic (exact) mass is 289 g/mol. The SMILES string of the molecule is CCCNc1ncccc1CN(C)C1CCC(CC)CC1. The number of rotatable bonds is 7. The predicted molar refractivity (Wildman–Crippen MR) is 90.5 cm³/mol. The summed E-state index contributed by atoms with van der Waals surface area (Å²) in [6, 6.07) is 5.00. The summed E-state index contributed by atoms with van der Waals surface area (Å²) in [7, 11) is 2.27. The molecule has 3 nitrogen and oxygen atoms in total. The quantitative estimate of drug-likeness (QED) is 0.811. The minimum atomic E-state index is 0.743. The van der Waals surface area contributed by atoms with E-state index in [1.807, 2.05) is 12.3 Å². The molecule has 2 rings (SSSR count). The van der Waals surface area contributed by atoms with Gasteiger partial charge < -0.3 is 5.32 Å². The van der Waals surface area contributed by atoms with E-state index in [1.54, 1.807) is 0 Å². The van der Waals surface area contributed by atoms with E-state index in [0.717, 1.165) is 37.3 Å². The molecule has 0 bridgehead atoms. The van der Waals surface area contributed by atoms with E-state index < -0.39 is 0 Å². The molecule has 1 aromatic heterocycles. The fourth-order valence-corrected chi connectivity index (χ4v) is 3.36. The standard InChI is InChI=1S/C18H31N3/c1-4-12-19-18-16(7-6-13-20-18)14-21(3)17-10-8-15(5-2)9-11-17/h6-7,13,15,17H,4-5,8-12,14H2,1-3H3,(H,19,20). The van der Waals surface area contributed by atoms with Gasteiger partial charge in [-0.2, -0.15) is 0 Å². The molecule has 1 aromatic rings. The molecule has 0 radical (unpaired) electrons. The van der Waals surface area contributed by atoms with Crippen LogP contribution in [0.4, 0.5) is 5.82 Å². The van der Waals surface area contributed by atoms with Gasteiger partial charge in [0, 0.05) is 30.9 Å². The summed E-state index contributed by atoms with van der Waals surface area (Å²) in [4.78, 5) is 7.03. The van der Waals surface area contributed by atoms with E-state index in [0.29, 0.717) is 0 Å². The van der Waals surface area contributed by atoms with Crippen molar-refractivity contribution >= 4 is 5.82 Å². The number of nitrogens with one attached hydrogen (secondary N) is 1. The van der Waals surface area contributed by atoms with E-state index >= 15 is 0 Å². The first-order chi connectivity index (χ1) is 10.2. The van der Waals surface area contributed by atoms with Gasteiger partial charge >= 0.3 is 0 Å². The largest absolute Gasteiger partial charge is 0.370 e. The maximum absolute atomic E-state index is 4.50. The van der Waals surface area contributed by atoms with Gasteiger partial charge in [-0.15, -0.1) is 0 Å². The van der Waals surface area contributed by atoms with Gasteiger partial charge in [-0.25, -0.2) is 4.98 Å². The van der Waals surface area contributed by atoms with Gasteiger partial charge in [0.15, 0.2) is 0 Å². The highest BCUT2D eigenvalue weighted by Gasteiger charge is 2.23. The summed E-state index contributed by atoms with van der Waals surface area (Å²) in [5, 5.41) is 3.45. The summed E-state index contributed by atoms with van der Waals surface area (Å²) >= 11 is 0. The molecular formula is C18H31N3. The molecule has 0 amide bonds. The molecule has 1 aliphatic carbocycles. The molecule has 1 heterocycles. The van der Waals surface area contributed by atoms with Crippen molar-refractivity contribution in [1.29, 1.82) is 0 Å². The highest BCUT2D eigenvalue weighted by Crippen LogP contribution is 2.30. The zero-order valence-corrected chi connectivity index (χ0v) is 13.9. The summed E-state index contributed by atoms with van der Waals surface area (Å²) < 4.78 is 0. The third-order valence-electron chi connectivity index (χ3n) is 4.87. The fourth-order valence-electron chi connectivity index (χ4n) is 3.36. The van der Waals surface area contributed by atoms with E-state index in [9.17, 15) is 0 Å². The van der Waals surface area contributed by atoms with Gasteiger partial charge in [0.2, 0.25) is 0 Å². The van der Waals surface area contributed by atoms with Crippen molar-refractivity contribution in [1.82, 2.24) is 9.88 Å². The first kappa shape index (κ1) is 16.3. The molecule has 1 fully saturated rings. The lowest BCUT2D eigenvalue weighted by atomic mass is 9.84. The Bertz CT molecular complexity index is 411. The van der Waals surface area contributed by atoms with Crippen LogP contribution in [0.1, 0.15) is 57.9 Å². The summed E-state index contributed by atoms with van der Waals surface area (Å²) in [5.74, 6) is 2.03. The minimum absolute atomic E-state index is 0.743. The molecule has 0 spiro atoms. The number of hydrogen-bond acceptors (Lipinski definition) is 3. The van der Waals surface area contributed by atoms with E-state index in [1.165, 1.54) is 37.7 Å². The number of aromatic nitrogens is 1. The van der Waals surface area contributed by atoms with Crippen LogP contribution in [0.15, 0.2) is 18.3 Å². The van der Waals surface area contributed by atoms with Crippen LogP contribution in [-0.2, 0) is 6.54 Å². The van der Waals surface area contributed by atoms with Gasteiger partial charge in [0.1, 0.15) is 5.82 Å². The van der Waals surface area contributed by atoms with Crippen molar-refractivity contribution in [2.75, 3.05) is 18.9 Å². The third kappa shape index (κ3) is 4.70. The van der Waals surface area contributed by atoms with E-state index in [4.69, 9.17) is 0 Å². The van der Waals surface area contributed by atoms with E-state index in [-0.39, 0.29) is 0 Å². The maximum Gasteiger partial charge on any atom is 0.130 e. The number of pyridine rings is 1. The van der Waals surface area contributed by atoms with Crippen molar-refractivity contribution in [3.05, 3.63) is 23.9 Å². The van der Waals surface area contributed by atoms with Crippen molar-refractivity contribution in [3.63, 3.8) is 0 Å². The number of anilines is 1. The Labute approximate surface area is 130 Å². The first-order valence-electron chi connectivity index (χ1n) is 8.62. The Hall–Kier alpha value is -1.09. The Morgan fingerprint density at radius 1 is 1.24 bits per heavy atom. The molecule has 0 unspecified atom stereocenters. The second-order valence-electron chi connectivity index (χ2n) is 6.44. The molecule has 3 heteroatoms. The van der Waals surface area contributed by atoms with Crippen LogP contribution < -0.4 is 5.32 Å². The molecule has 0 saturated heterocycles. The smallest absolute Gasteiger partial charge is 0.130 e. The van der Waals surface area contributed by atoms with Crippen LogP contribution >= 0.6 is 0 Å². The second-order valence-corrected chi connectivity index (χ2v) is 6.44. The number of nitrogens with zero attached hydrogens (tertiary/aromatic N) is 2. The van der Waals surface area contributed by atoms with Crippen molar-refractivity contribution in [2.24, 2.45) is 5.92 Å². The fraction of sp³-hybridized carbons (Fsp3) is 0.722. The predicted octanol–water partition coefficient (Wildman–Crippen LogP) is 4.30. The van der Waals surface area contributed by atoms with Crippen LogP contribution in [0, 0.1) is 5.92 Å². The number of hydrogen-bond donors (Lipinski definition) is 1. The Morgan fingerprint density at radius 3 is 2.67 bits per heavy atom. The Morgan fingerprint density at radius 2 is 2.00 bits per heavy atom. The average Bonchev–Trinajstić information content (AvgIpc) is 2.54. The van der Waals surface area contributed by atoms with Gasteiger partial charge in [0.05, 0.1) is 0 Å². The van der Waals surface area contributed by atoms with Crippen LogP contribution in [0.3, 0.4) is 0 Å². The molecule has 1 saturated carbocycles. The molecule has 0 aliphatic heterocycles. The van der Waals surface area contributed by atoms with Crippen LogP contribution in [0.2, 0.25) is 0 Å². The summed E-state index contributed by atoms with van der Waals surface area (Å²) in [5.41, 5.74) is 1.33. The highest BCUT2D eigenvalue weighted by molar-refractivity contribution is 5.43. The molecule has 1 aliphatic rings. The molecule has 0 atom stereocenters. The van der Waals surface area contributed by atoms with Crippen LogP contribution in [-0.4, -0.2) is 29.5 Å². The maximum atomic E-state index is 4.50. The normalized spacial score (nSPS) is 22.5. The van der Waals surface area contributed by atoms with Crippen LogP contribution in [0.5, 0.6) is 0 Å². The minimum Gasteiger partial charge on any atom is -0.370 e. The van der Waals surface area contributed by atoms with Crippen LogP contribution in [0.25, 0.3) is 0 Å². The van der Waals surface area contributed by atoms with Gasteiger partial charge in [-0.1, -0.05) is 26.3 Å². The molecule has 21 heavy (non-hydrogen) atoms. The zero-order valence-electron chi connectivity index (χ0n) is 13.9. The summed E-state index contributed by atoms with van der Waals surface area (Å²) in [6.45, 7) is 6.51. The lowest BCUT2D eigenvalue weighted by molar-refractivity contribution is 0.157. The van der Waals surface area contributed by atoms with Gasteiger partial charge in [-0.05, 0) is 51.1 Å². The molecular weight excluding hydrogens is 258 g/mol. The van der Waals surface area contributed by atoms with Crippen molar-refractivity contribution < 1.29 is 0 Å². The van der Waals surface area contributed by atoms with E-state index in [2.05, 4.69) is 42.2 Å². The zero-order chi connectivity index (χ0) is 15.1. The first-order valence-corrected chi connectivity index (χ1v) is 8.62. The Balaban J connectivity index is 1.92. The lowest BCUT2D eigenvalue weighted by Crippen LogP contribution is -2.34. The van der Waals surface area contributed by atoms with Gasteiger partial charge in [-0.3, -0.25) is 4.90 Å². The Kier molecular flexibility index (Phi) is 6.50. The topological polar surface area (TPSA) is 28.2 Å². The van der Waals surface area contributed by atoms with Gasteiger partial charge in [0.25, 0.3) is 0 Å². The molecule has 118 valence electrons. The molecule has 0 aromatic carbocycles. The second kappa shape index (κ2) is 8.38. The summed E-state index contributed by atoms with van der Waals surface area (Å²) in [6.07, 6.45) is 9.88. The average molecular weight is 289 g/mol.